The summed E-state index contributed by atoms with van der Waals surface area (Å²) in [4.78, 5) is 0. The summed E-state index contributed by atoms with van der Waals surface area (Å²) in [6.45, 7) is 4.39. The molecule has 0 aliphatic rings. The van der Waals surface area contributed by atoms with E-state index in [0.29, 0.717) is 0 Å². The van der Waals surface area contributed by atoms with Crippen LogP contribution in [0.1, 0.15) is 43.4 Å². The Morgan fingerprint density at radius 1 is 0.857 bits per heavy atom. The monoisotopic (exact) mass is 272 g/mol. The molecule has 0 saturated heterocycles. The van der Waals surface area contributed by atoms with Crippen molar-refractivity contribution in [1.82, 2.24) is 0 Å². The topological polar surface area (TPSA) is 0 Å². The van der Waals surface area contributed by atoms with Gasteiger partial charge >= 0.3 is 0 Å². The van der Waals surface area contributed by atoms with Gasteiger partial charge in [-0.05, 0) is 30.5 Å². The fourth-order valence-corrected chi connectivity index (χ4v) is 2.57. The Morgan fingerprint density at radius 2 is 1.43 bits per heavy atom. The molecule has 0 N–H and O–H groups in total. The first-order chi connectivity index (χ1) is 10.3. The molecule has 0 aromatic heterocycles. The molecule has 0 heterocycles. The Bertz CT molecular complexity index is 686. The third-order valence-electron chi connectivity index (χ3n) is 4.05. The van der Waals surface area contributed by atoms with E-state index in [4.69, 9.17) is 6.42 Å². The summed E-state index contributed by atoms with van der Waals surface area (Å²) in [5, 5.41) is 0. The van der Waals surface area contributed by atoms with Gasteiger partial charge in [0.1, 0.15) is 0 Å². The zero-order valence-corrected chi connectivity index (χ0v) is 12.7. The van der Waals surface area contributed by atoms with E-state index < -0.39 is 0 Å². The summed E-state index contributed by atoms with van der Waals surface area (Å²) >= 11 is 0. The maximum Gasteiger partial charge on any atom is 0.0561 e. The molecule has 0 heteroatoms. The van der Waals surface area contributed by atoms with Crippen LogP contribution in [-0.2, 0) is 5.41 Å². The first kappa shape index (κ1) is 15.0. The number of rotatable bonds is 3. The number of benzene rings is 2. The number of hydrogen-bond acceptors (Lipinski definition) is 0. The summed E-state index contributed by atoms with van der Waals surface area (Å²) in [5.41, 5.74) is 2.96. The first-order valence-electron chi connectivity index (χ1n) is 7.40. The fraction of sp³-hybridized carbons (Fsp3) is 0.238. The van der Waals surface area contributed by atoms with E-state index in [2.05, 4.69) is 55.9 Å². The van der Waals surface area contributed by atoms with Gasteiger partial charge in [0.15, 0.2) is 0 Å². The number of hydrogen-bond donors (Lipinski definition) is 0. The van der Waals surface area contributed by atoms with Crippen LogP contribution >= 0.6 is 0 Å². The van der Waals surface area contributed by atoms with Crippen LogP contribution in [0.2, 0.25) is 0 Å². The van der Waals surface area contributed by atoms with Gasteiger partial charge in [0.25, 0.3) is 0 Å². The summed E-state index contributed by atoms with van der Waals surface area (Å²) in [6.07, 6.45) is 7.52. The average molecular weight is 272 g/mol. The first-order valence-corrected chi connectivity index (χ1v) is 7.40. The second-order valence-electron chi connectivity index (χ2n) is 5.10. The van der Waals surface area contributed by atoms with E-state index in [1.807, 2.05) is 30.3 Å². The van der Waals surface area contributed by atoms with Crippen LogP contribution in [0.5, 0.6) is 0 Å². The van der Waals surface area contributed by atoms with Crippen molar-refractivity contribution in [2.24, 2.45) is 0 Å². The van der Waals surface area contributed by atoms with Crippen LogP contribution < -0.4 is 0 Å². The van der Waals surface area contributed by atoms with E-state index in [0.717, 1.165) is 24.0 Å². The van der Waals surface area contributed by atoms with Gasteiger partial charge in [-0.15, -0.1) is 6.42 Å². The van der Waals surface area contributed by atoms with Crippen LogP contribution in [0.4, 0.5) is 0 Å². The molecule has 0 atom stereocenters. The molecule has 0 aliphatic carbocycles. The van der Waals surface area contributed by atoms with Crippen molar-refractivity contribution in [3.05, 3.63) is 71.3 Å². The predicted molar refractivity (Wildman–Crippen MR) is 90.0 cm³/mol. The normalized spacial score (nSPS) is 10.3. The molecule has 0 spiro atoms. The van der Waals surface area contributed by atoms with Crippen LogP contribution in [0.3, 0.4) is 0 Å². The molecule has 2 aromatic carbocycles. The molecular formula is C21H20. The zero-order valence-electron chi connectivity index (χ0n) is 12.7. The van der Waals surface area contributed by atoms with Crippen molar-refractivity contribution in [3.63, 3.8) is 0 Å². The highest BCUT2D eigenvalue weighted by atomic mass is 14.3. The summed E-state index contributed by atoms with van der Waals surface area (Å²) in [7, 11) is 0. The molecule has 0 amide bonds. The van der Waals surface area contributed by atoms with Gasteiger partial charge in [-0.3, -0.25) is 0 Å². The second-order valence-corrected chi connectivity index (χ2v) is 5.10. The molecule has 2 aromatic rings. The van der Waals surface area contributed by atoms with E-state index in [9.17, 15) is 0 Å². The molecule has 0 bridgehead atoms. The molecule has 0 unspecified atom stereocenters. The average Bonchev–Trinajstić information content (AvgIpc) is 2.57. The molecule has 104 valence electrons. The minimum Gasteiger partial charge on any atom is -0.115 e. The standard InChI is InChI=1S/C21H20/c1-4-18-12-10-11-13-19(18)16-17-21(5-2,6-3)20-14-8-7-9-15-20/h1,7-15H,5-6H2,2-3H3. The highest BCUT2D eigenvalue weighted by molar-refractivity contribution is 5.51. The quantitative estimate of drug-likeness (QED) is 0.706. The van der Waals surface area contributed by atoms with Crippen LogP contribution in [-0.4, -0.2) is 0 Å². The molecule has 21 heavy (non-hydrogen) atoms. The summed E-state index contributed by atoms with van der Waals surface area (Å²) in [6, 6.07) is 18.4. The maximum atomic E-state index is 5.55. The molecule has 0 nitrogen and oxygen atoms in total. The van der Waals surface area contributed by atoms with Gasteiger partial charge in [0, 0.05) is 11.1 Å². The molecule has 0 radical (unpaired) electrons. The lowest BCUT2D eigenvalue weighted by atomic mass is 9.76. The summed E-state index contributed by atoms with van der Waals surface area (Å²) in [5.74, 6) is 9.51. The molecule has 0 saturated carbocycles. The van der Waals surface area contributed by atoms with Crippen LogP contribution in [0.15, 0.2) is 54.6 Å². The minimum atomic E-state index is -0.108. The van der Waals surface area contributed by atoms with E-state index in [-0.39, 0.29) is 5.41 Å². The van der Waals surface area contributed by atoms with Gasteiger partial charge in [-0.1, -0.05) is 74.1 Å². The van der Waals surface area contributed by atoms with Gasteiger partial charge in [-0.2, -0.15) is 0 Å². The highest BCUT2D eigenvalue weighted by Crippen LogP contribution is 2.31. The molecule has 2 rings (SSSR count). The maximum absolute atomic E-state index is 5.55. The number of terminal acetylenes is 1. The van der Waals surface area contributed by atoms with Gasteiger partial charge in [0.2, 0.25) is 0 Å². The third-order valence-corrected chi connectivity index (χ3v) is 4.05. The Morgan fingerprint density at radius 3 is 2.00 bits per heavy atom. The highest BCUT2D eigenvalue weighted by Gasteiger charge is 2.25. The minimum absolute atomic E-state index is 0.108. The van der Waals surface area contributed by atoms with Crippen molar-refractivity contribution < 1.29 is 0 Å². The van der Waals surface area contributed by atoms with E-state index in [1.165, 1.54) is 5.56 Å². The smallest absolute Gasteiger partial charge is 0.0561 e. The fourth-order valence-electron chi connectivity index (χ4n) is 2.57. The predicted octanol–water partition coefficient (Wildman–Crippen LogP) is 4.78. The zero-order chi connectivity index (χ0) is 15.1. The molecule has 0 aliphatic heterocycles. The summed E-state index contributed by atoms with van der Waals surface area (Å²) < 4.78 is 0. The van der Waals surface area contributed by atoms with Gasteiger partial charge in [-0.25, -0.2) is 0 Å². The van der Waals surface area contributed by atoms with E-state index >= 15 is 0 Å². The second kappa shape index (κ2) is 6.83. The van der Waals surface area contributed by atoms with Crippen molar-refractivity contribution >= 4 is 0 Å². The van der Waals surface area contributed by atoms with Crippen molar-refractivity contribution in [3.8, 4) is 24.2 Å². The van der Waals surface area contributed by atoms with Crippen LogP contribution in [0, 0.1) is 24.2 Å². The lowest BCUT2D eigenvalue weighted by Crippen LogP contribution is -2.22. The lowest BCUT2D eigenvalue weighted by molar-refractivity contribution is 0.517. The molecule has 0 fully saturated rings. The van der Waals surface area contributed by atoms with Crippen molar-refractivity contribution in [2.75, 3.05) is 0 Å². The SMILES string of the molecule is C#Cc1ccccc1C#CC(CC)(CC)c1ccccc1. The Balaban J connectivity index is 2.48. The Hall–Kier alpha value is -2.44. The Kier molecular flexibility index (Phi) is 4.86. The Labute approximate surface area is 128 Å². The van der Waals surface area contributed by atoms with Crippen molar-refractivity contribution in [2.45, 2.75) is 32.1 Å². The van der Waals surface area contributed by atoms with Crippen molar-refractivity contribution in [1.29, 1.82) is 0 Å². The van der Waals surface area contributed by atoms with Gasteiger partial charge in [0.05, 0.1) is 5.41 Å². The van der Waals surface area contributed by atoms with Gasteiger partial charge < -0.3 is 0 Å². The largest absolute Gasteiger partial charge is 0.115 e. The third kappa shape index (κ3) is 3.18. The van der Waals surface area contributed by atoms with Crippen LogP contribution in [0.25, 0.3) is 0 Å². The molecular weight excluding hydrogens is 252 g/mol. The van der Waals surface area contributed by atoms with E-state index in [1.54, 1.807) is 0 Å². The lowest BCUT2D eigenvalue weighted by Gasteiger charge is -2.26.